The van der Waals surface area contributed by atoms with Gasteiger partial charge in [0.25, 0.3) is 5.91 Å². The largest absolute Gasteiger partial charge is 0.382 e. The van der Waals surface area contributed by atoms with E-state index in [1.807, 2.05) is 16.7 Å². The molecule has 2 N–H and O–H groups in total. The van der Waals surface area contributed by atoms with Gasteiger partial charge in [-0.05, 0) is 6.42 Å². The van der Waals surface area contributed by atoms with Crippen LogP contribution in [0.5, 0.6) is 0 Å². The Labute approximate surface area is 105 Å². The highest BCUT2D eigenvalue weighted by Crippen LogP contribution is 2.21. The van der Waals surface area contributed by atoms with E-state index in [1.165, 1.54) is 12.4 Å². The number of rotatable bonds is 2. The molecular formula is C11H16N4OS. The fourth-order valence-corrected chi connectivity index (χ4v) is 2.94. The van der Waals surface area contributed by atoms with E-state index in [4.69, 9.17) is 5.73 Å². The molecule has 0 spiro atoms. The molecule has 0 radical (unpaired) electrons. The molecule has 1 saturated heterocycles. The summed E-state index contributed by atoms with van der Waals surface area (Å²) in [6.07, 6.45) is 3.95. The van der Waals surface area contributed by atoms with Gasteiger partial charge in [-0.1, -0.05) is 6.92 Å². The van der Waals surface area contributed by atoms with Crippen molar-refractivity contribution in [3.8, 4) is 0 Å². The number of anilines is 1. The van der Waals surface area contributed by atoms with Crippen molar-refractivity contribution < 1.29 is 4.79 Å². The van der Waals surface area contributed by atoms with E-state index in [-0.39, 0.29) is 5.91 Å². The second-order valence-corrected chi connectivity index (χ2v) is 5.39. The molecule has 6 heteroatoms. The second-order valence-electron chi connectivity index (χ2n) is 3.98. The summed E-state index contributed by atoms with van der Waals surface area (Å²) in [5.74, 6) is 1.28. The van der Waals surface area contributed by atoms with Gasteiger partial charge in [-0.15, -0.1) is 0 Å². The lowest BCUT2D eigenvalue weighted by atomic mass is 10.2. The highest BCUT2D eigenvalue weighted by molar-refractivity contribution is 8.00. The van der Waals surface area contributed by atoms with E-state index < -0.39 is 0 Å². The highest BCUT2D eigenvalue weighted by atomic mass is 32.2. The average molecular weight is 252 g/mol. The maximum Gasteiger partial charge on any atom is 0.274 e. The molecule has 2 heterocycles. The number of thioether (sulfide) groups is 1. The first-order valence-electron chi connectivity index (χ1n) is 5.69. The summed E-state index contributed by atoms with van der Waals surface area (Å²) < 4.78 is 0. The van der Waals surface area contributed by atoms with Gasteiger partial charge < -0.3 is 10.6 Å². The van der Waals surface area contributed by atoms with Crippen molar-refractivity contribution in [3.63, 3.8) is 0 Å². The van der Waals surface area contributed by atoms with E-state index in [0.717, 1.165) is 25.3 Å². The lowest BCUT2D eigenvalue weighted by Gasteiger charge is -2.31. The zero-order chi connectivity index (χ0) is 12.3. The van der Waals surface area contributed by atoms with Crippen molar-refractivity contribution in [2.24, 2.45) is 0 Å². The van der Waals surface area contributed by atoms with Gasteiger partial charge in [-0.3, -0.25) is 4.79 Å². The van der Waals surface area contributed by atoms with Crippen LogP contribution in [0.4, 0.5) is 5.82 Å². The smallest absolute Gasteiger partial charge is 0.274 e. The van der Waals surface area contributed by atoms with Crippen molar-refractivity contribution in [2.45, 2.75) is 18.6 Å². The molecule has 0 aliphatic carbocycles. The minimum atomic E-state index is -0.0451. The summed E-state index contributed by atoms with van der Waals surface area (Å²) >= 11 is 1.93. The van der Waals surface area contributed by atoms with Gasteiger partial charge in [0.05, 0.1) is 12.4 Å². The number of nitrogen functional groups attached to an aromatic ring is 1. The van der Waals surface area contributed by atoms with Crippen LogP contribution in [0.15, 0.2) is 12.4 Å². The van der Waals surface area contributed by atoms with Gasteiger partial charge in [-0.25, -0.2) is 9.97 Å². The molecule has 5 nitrogen and oxygen atoms in total. The highest BCUT2D eigenvalue weighted by Gasteiger charge is 2.24. The Bertz CT molecular complexity index is 395. The minimum absolute atomic E-state index is 0.0451. The zero-order valence-electron chi connectivity index (χ0n) is 9.80. The molecular weight excluding hydrogens is 236 g/mol. The molecule has 2 rings (SSSR count). The summed E-state index contributed by atoms with van der Waals surface area (Å²) in [5.41, 5.74) is 5.82. The summed E-state index contributed by atoms with van der Waals surface area (Å²) in [6.45, 7) is 3.73. The standard InChI is InChI=1S/C11H16N4OS/c1-2-8-7-15(3-4-17-8)11(16)9-5-14-10(12)6-13-9/h5-6,8H,2-4,7H2,1H3,(H2,12,14). The van der Waals surface area contributed by atoms with Crippen LogP contribution in [-0.2, 0) is 0 Å². The van der Waals surface area contributed by atoms with Crippen molar-refractivity contribution in [1.29, 1.82) is 0 Å². The van der Waals surface area contributed by atoms with Gasteiger partial charge in [0.1, 0.15) is 11.5 Å². The fraction of sp³-hybridized carbons (Fsp3) is 0.545. The molecule has 1 unspecified atom stereocenters. The van der Waals surface area contributed by atoms with E-state index in [0.29, 0.717) is 16.8 Å². The molecule has 1 amide bonds. The maximum atomic E-state index is 12.1. The Hall–Kier alpha value is -1.30. The predicted molar refractivity (Wildman–Crippen MR) is 68.9 cm³/mol. The van der Waals surface area contributed by atoms with Gasteiger partial charge in [0, 0.05) is 24.1 Å². The Morgan fingerprint density at radius 3 is 3.06 bits per heavy atom. The van der Waals surface area contributed by atoms with E-state index in [9.17, 15) is 4.79 Å². The quantitative estimate of drug-likeness (QED) is 0.851. The molecule has 0 saturated carbocycles. The summed E-state index contributed by atoms with van der Waals surface area (Å²) in [7, 11) is 0. The maximum absolute atomic E-state index is 12.1. The van der Waals surface area contributed by atoms with E-state index in [1.54, 1.807) is 0 Å². The molecule has 17 heavy (non-hydrogen) atoms. The second kappa shape index (κ2) is 5.35. The number of amides is 1. The topological polar surface area (TPSA) is 72.1 Å². The SMILES string of the molecule is CCC1CN(C(=O)c2cnc(N)cn2)CCS1. The number of aromatic nitrogens is 2. The van der Waals surface area contributed by atoms with Crippen LogP contribution >= 0.6 is 11.8 Å². The molecule has 1 aromatic heterocycles. The number of carbonyl (C=O) groups is 1. The van der Waals surface area contributed by atoms with Crippen LogP contribution < -0.4 is 5.73 Å². The molecule has 0 aromatic carbocycles. The third kappa shape index (κ3) is 2.88. The Kier molecular flexibility index (Phi) is 3.83. The molecule has 1 aromatic rings. The number of hydrogen-bond acceptors (Lipinski definition) is 5. The molecule has 1 aliphatic heterocycles. The predicted octanol–water partition coefficient (Wildman–Crippen LogP) is 1.03. The van der Waals surface area contributed by atoms with Crippen LogP contribution in [0.3, 0.4) is 0 Å². The monoisotopic (exact) mass is 252 g/mol. The summed E-state index contributed by atoms with van der Waals surface area (Å²) in [4.78, 5) is 21.9. The first kappa shape index (κ1) is 12.2. The number of carbonyl (C=O) groups excluding carboxylic acids is 1. The van der Waals surface area contributed by atoms with Crippen molar-refractivity contribution in [1.82, 2.24) is 14.9 Å². The van der Waals surface area contributed by atoms with Crippen LogP contribution in [0, 0.1) is 0 Å². The normalized spacial score (nSPS) is 20.3. The van der Waals surface area contributed by atoms with Crippen LogP contribution in [0.1, 0.15) is 23.8 Å². The lowest BCUT2D eigenvalue weighted by Crippen LogP contribution is -2.42. The van der Waals surface area contributed by atoms with E-state index in [2.05, 4.69) is 16.9 Å². The van der Waals surface area contributed by atoms with Gasteiger partial charge >= 0.3 is 0 Å². The Morgan fingerprint density at radius 2 is 2.41 bits per heavy atom. The number of hydrogen-bond donors (Lipinski definition) is 1. The molecule has 1 atom stereocenters. The molecule has 1 fully saturated rings. The third-order valence-corrected chi connectivity index (χ3v) is 4.14. The third-order valence-electron chi connectivity index (χ3n) is 2.77. The number of nitrogens with two attached hydrogens (primary N) is 1. The fourth-order valence-electron chi connectivity index (χ4n) is 1.76. The van der Waals surface area contributed by atoms with Gasteiger partial charge in [0.15, 0.2) is 0 Å². The van der Waals surface area contributed by atoms with Gasteiger partial charge in [0.2, 0.25) is 0 Å². The van der Waals surface area contributed by atoms with Crippen LogP contribution in [-0.4, -0.2) is 44.9 Å². The first-order chi connectivity index (χ1) is 8.20. The average Bonchev–Trinajstić information content (AvgIpc) is 2.39. The molecule has 0 bridgehead atoms. The lowest BCUT2D eigenvalue weighted by molar-refractivity contribution is 0.0754. The summed E-state index contributed by atoms with van der Waals surface area (Å²) in [6, 6.07) is 0. The van der Waals surface area contributed by atoms with Gasteiger partial charge in [-0.2, -0.15) is 11.8 Å². The van der Waals surface area contributed by atoms with Crippen LogP contribution in [0.25, 0.3) is 0 Å². The van der Waals surface area contributed by atoms with E-state index >= 15 is 0 Å². The molecule has 1 aliphatic rings. The Balaban J connectivity index is 2.06. The summed E-state index contributed by atoms with van der Waals surface area (Å²) in [5, 5.41) is 0.537. The minimum Gasteiger partial charge on any atom is -0.382 e. The van der Waals surface area contributed by atoms with Crippen molar-refractivity contribution >= 4 is 23.5 Å². The Morgan fingerprint density at radius 1 is 1.59 bits per heavy atom. The number of nitrogens with zero attached hydrogens (tertiary/aromatic N) is 3. The molecule has 92 valence electrons. The van der Waals surface area contributed by atoms with Crippen LogP contribution in [0.2, 0.25) is 0 Å². The van der Waals surface area contributed by atoms with Crippen molar-refractivity contribution in [3.05, 3.63) is 18.1 Å². The van der Waals surface area contributed by atoms with Crippen molar-refractivity contribution in [2.75, 3.05) is 24.6 Å². The first-order valence-corrected chi connectivity index (χ1v) is 6.74. The zero-order valence-corrected chi connectivity index (χ0v) is 10.6.